The molecule has 4 N–H and O–H groups in total. The summed E-state index contributed by atoms with van der Waals surface area (Å²) in [6.45, 7) is 0. The highest BCUT2D eigenvalue weighted by Crippen LogP contribution is 2.27. The summed E-state index contributed by atoms with van der Waals surface area (Å²) in [6.07, 6.45) is 0. The summed E-state index contributed by atoms with van der Waals surface area (Å²) in [4.78, 5) is 10.9. The monoisotopic (exact) mass is 221 g/mol. The van der Waals surface area contributed by atoms with E-state index in [1.54, 1.807) is 0 Å². The molecule has 82 valence electrons. The number of carboxylic acids is 1. The van der Waals surface area contributed by atoms with E-state index in [4.69, 9.17) is 10.8 Å². The van der Waals surface area contributed by atoms with Crippen LogP contribution in [-0.4, -0.2) is 21.3 Å². The molecule has 0 saturated heterocycles. The molecular weight excluding hydrogens is 213 g/mol. The minimum absolute atomic E-state index is 0.0732. The maximum Gasteiger partial charge on any atom is 0.354 e. The summed E-state index contributed by atoms with van der Waals surface area (Å²) in [7, 11) is 0. The molecule has 0 amide bonds. The van der Waals surface area contributed by atoms with E-state index in [0.29, 0.717) is 5.56 Å². The Labute approximate surface area is 89.7 Å². The normalized spacial score (nSPS) is 10.3. The second kappa shape index (κ2) is 3.65. The van der Waals surface area contributed by atoms with Crippen LogP contribution < -0.4 is 5.73 Å². The van der Waals surface area contributed by atoms with E-state index >= 15 is 0 Å². The number of aromatic carboxylic acids is 1. The van der Waals surface area contributed by atoms with Crippen LogP contribution in [0.4, 0.5) is 10.2 Å². The van der Waals surface area contributed by atoms with Gasteiger partial charge in [0.1, 0.15) is 5.82 Å². The summed E-state index contributed by atoms with van der Waals surface area (Å²) >= 11 is 0. The molecule has 0 aliphatic heterocycles. The number of nitrogen functional groups attached to an aromatic ring is 1. The van der Waals surface area contributed by atoms with Crippen molar-refractivity contribution in [3.63, 3.8) is 0 Å². The van der Waals surface area contributed by atoms with Gasteiger partial charge in [-0.2, -0.15) is 5.10 Å². The Morgan fingerprint density at radius 2 is 2.00 bits per heavy atom. The molecular formula is C10H8FN3O2. The predicted octanol–water partition coefficient (Wildman–Crippen LogP) is 1.50. The Hall–Kier alpha value is -2.37. The number of rotatable bonds is 2. The van der Waals surface area contributed by atoms with Crippen LogP contribution >= 0.6 is 0 Å². The van der Waals surface area contributed by atoms with E-state index in [0.717, 1.165) is 0 Å². The van der Waals surface area contributed by atoms with Gasteiger partial charge in [-0.3, -0.25) is 5.10 Å². The molecule has 5 nitrogen and oxygen atoms in total. The number of H-pyrrole nitrogens is 1. The topological polar surface area (TPSA) is 92.0 Å². The standard InChI is InChI=1S/C10H8FN3O2/c11-6-3-1-5(2-4-6)7-8(10(15)16)13-14-9(7)12/h1-4H,(H,15,16)(H3,12,13,14). The van der Waals surface area contributed by atoms with Gasteiger partial charge in [0.25, 0.3) is 0 Å². The average Bonchev–Trinajstić information content (AvgIpc) is 2.62. The van der Waals surface area contributed by atoms with Gasteiger partial charge in [0.2, 0.25) is 0 Å². The number of nitrogens with zero attached hydrogens (tertiary/aromatic N) is 1. The first-order valence-electron chi connectivity index (χ1n) is 4.42. The molecule has 1 heterocycles. The van der Waals surface area contributed by atoms with Crippen molar-refractivity contribution >= 4 is 11.8 Å². The molecule has 0 unspecified atom stereocenters. The largest absolute Gasteiger partial charge is 0.477 e. The van der Waals surface area contributed by atoms with Crippen molar-refractivity contribution in [2.24, 2.45) is 0 Å². The van der Waals surface area contributed by atoms with Crippen molar-refractivity contribution in [2.75, 3.05) is 5.73 Å². The molecule has 16 heavy (non-hydrogen) atoms. The zero-order valence-corrected chi connectivity index (χ0v) is 8.07. The van der Waals surface area contributed by atoms with Crippen LogP contribution in [-0.2, 0) is 0 Å². The lowest BCUT2D eigenvalue weighted by atomic mass is 10.1. The first kappa shape index (κ1) is 10.2. The van der Waals surface area contributed by atoms with E-state index in [1.807, 2.05) is 0 Å². The lowest BCUT2D eigenvalue weighted by molar-refractivity contribution is 0.0691. The van der Waals surface area contributed by atoms with Gasteiger partial charge in [0.05, 0.1) is 5.56 Å². The molecule has 0 atom stereocenters. The lowest BCUT2D eigenvalue weighted by Gasteiger charge is -2.00. The molecule has 0 spiro atoms. The molecule has 6 heteroatoms. The molecule has 1 aromatic carbocycles. The zero-order chi connectivity index (χ0) is 11.7. The Balaban J connectivity index is 2.58. The van der Waals surface area contributed by atoms with Crippen molar-refractivity contribution < 1.29 is 14.3 Å². The van der Waals surface area contributed by atoms with Gasteiger partial charge in [-0.1, -0.05) is 12.1 Å². The maximum atomic E-state index is 12.7. The van der Waals surface area contributed by atoms with Gasteiger partial charge >= 0.3 is 5.97 Å². The second-order valence-electron chi connectivity index (χ2n) is 3.17. The molecule has 0 aliphatic rings. The van der Waals surface area contributed by atoms with Crippen LogP contribution in [0.5, 0.6) is 0 Å². The third kappa shape index (κ3) is 1.60. The van der Waals surface area contributed by atoms with Crippen molar-refractivity contribution in [3.05, 3.63) is 35.8 Å². The Kier molecular flexibility index (Phi) is 2.32. The van der Waals surface area contributed by atoms with E-state index in [2.05, 4.69) is 10.2 Å². The van der Waals surface area contributed by atoms with Crippen molar-refractivity contribution in [2.45, 2.75) is 0 Å². The summed E-state index contributed by atoms with van der Waals surface area (Å²) < 4.78 is 12.7. The van der Waals surface area contributed by atoms with Crippen LogP contribution in [0.3, 0.4) is 0 Å². The lowest BCUT2D eigenvalue weighted by Crippen LogP contribution is -1.99. The molecule has 0 fully saturated rings. The molecule has 2 rings (SSSR count). The van der Waals surface area contributed by atoms with Crippen LogP contribution in [0.2, 0.25) is 0 Å². The van der Waals surface area contributed by atoms with E-state index in [9.17, 15) is 9.18 Å². The third-order valence-corrected chi connectivity index (χ3v) is 2.14. The van der Waals surface area contributed by atoms with Crippen LogP contribution in [0.15, 0.2) is 24.3 Å². The molecule has 0 radical (unpaired) electrons. The van der Waals surface area contributed by atoms with Gasteiger partial charge in [0.15, 0.2) is 11.5 Å². The van der Waals surface area contributed by atoms with Gasteiger partial charge < -0.3 is 10.8 Å². The first-order chi connectivity index (χ1) is 7.59. The number of anilines is 1. The SMILES string of the molecule is Nc1n[nH]c(C(=O)O)c1-c1ccc(F)cc1. The summed E-state index contributed by atoms with van der Waals surface area (Å²) in [5.74, 6) is -1.49. The molecule has 0 saturated carbocycles. The van der Waals surface area contributed by atoms with E-state index < -0.39 is 11.8 Å². The number of nitrogens with one attached hydrogen (secondary N) is 1. The number of aromatic nitrogens is 2. The van der Waals surface area contributed by atoms with Crippen LogP contribution in [0, 0.1) is 5.82 Å². The Bertz CT molecular complexity index is 533. The number of hydrogen-bond donors (Lipinski definition) is 3. The number of benzene rings is 1. The maximum absolute atomic E-state index is 12.7. The quantitative estimate of drug-likeness (QED) is 0.716. The number of halogens is 1. The fourth-order valence-electron chi connectivity index (χ4n) is 1.42. The highest BCUT2D eigenvalue weighted by Gasteiger charge is 2.18. The van der Waals surface area contributed by atoms with Crippen LogP contribution in [0.1, 0.15) is 10.5 Å². The second-order valence-corrected chi connectivity index (χ2v) is 3.17. The van der Waals surface area contributed by atoms with Gasteiger partial charge in [0, 0.05) is 0 Å². The van der Waals surface area contributed by atoms with E-state index in [-0.39, 0.29) is 17.1 Å². The third-order valence-electron chi connectivity index (χ3n) is 2.14. The Morgan fingerprint density at radius 3 is 2.56 bits per heavy atom. The van der Waals surface area contributed by atoms with Gasteiger partial charge in [-0.15, -0.1) is 0 Å². The predicted molar refractivity (Wildman–Crippen MR) is 55.4 cm³/mol. The highest BCUT2D eigenvalue weighted by molar-refractivity contribution is 5.97. The van der Waals surface area contributed by atoms with E-state index in [1.165, 1.54) is 24.3 Å². The highest BCUT2D eigenvalue weighted by atomic mass is 19.1. The van der Waals surface area contributed by atoms with Gasteiger partial charge in [-0.05, 0) is 17.7 Å². The molecule has 0 bridgehead atoms. The minimum atomic E-state index is -1.16. The number of carbonyl (C=O) groups is 1. The minimum Gasteiger partial charge on any atom is -0.477 e. The zero-order valence-electron chi connectivity index (χ0n) is 8.07. The smallest absolute Gasteiger partial charge is 0.354 e. The van der Waals surface area contributed by atoms with Crippen LogP contribution in [0.25, 0.3) is 11.1 Å². The first-order valence-corrected chi connectivity index (χ1v) is 4.42. The van der Waals surface area contributed by atoms with Crippen molar-refractivity contribution in [3.8, 4) is 11.1 Å². The van der Waals surface area contributed by atoms with Gasteiger partial charge in [-0.25, -0.2) is 9.18 Å². The Morgan fingerprint density at radius 1 is 1.38 bits per heavy atom. The number of hydrogen-bond acceptors (Lipinski definition) is 3. The fraction of sp³-hybridized carbons (Fsp3) is 0. The average molecular weight is 221 g/mol. The number of aromatic amines is 1. The fourth-order valence-corrected chi connectivity index (χ4v) is 1.42. The molecule has 1 aromatic heterocycles. The number of carboxylic acid groups (broad SMARTS) is 1. The summed E-state index contributed by atoms with van der Waals surface area (Å²) in [5.41, 5.74) is 6.22. The van der Waals surface area contributed by atoms with Crippen molar-refractivity contribution in [1.29, 1.82) is 0 Å². The number of nitrogens with two attached hydrogens (primary N) is 1. The summed E-state index contributed by atoms with van der Waals surface area (Å²) in [6, 6.07) is 5.35. The molecule has 0 aliphatic carbocycles. The molecule has 2 aromatic rings. The summed E-state index contributed by atoms with van der Waals surface area (Å²) in [5, 5.41) is 14.8. The van der Waals surface area contributed by atoms with Crippen molar-refractivity contribution in [1.82, 2.24) is 10.2 Å².